The number of anilines is 3. The Balaban J connectivity index is 0.988. The molecule has 0 N–H and O–H groups in total. The summed E-state index contributed by atoms with van der Waals surface area (Å²) in [4.78, 5) is 2.38. The smallest absolute Gasteiger partial charge is 0.143 e. The molecule has 0 bridgehead atoms. The molecule has 2 heteroatoms. The first kappa shape index (κ1) is 33.6. The lowest BCUT2D eigenvalue weighted by molar-refractivity contribution is 0.670. The number of nitrogens with zero attached hydrogens (tertiary/aromatic N) is 1. The van der Waals surface area contributed by atoms with Crippen LogP contribution in [0.4, 0.5) is 17.1 Å². The molecule has 0 unspecified atom stereocenters. The topological polar surface area (TPSA) is 16.4 Å². The van der Waals surface area contributed by atoms with Crippen molar-refractivity contribution in [1.29, 1.82) is 0 Å². The molecule has 0 saturated carbocycles. The zero-order valence-corrected chi connectivity index (χ0v) is 31.7. The number of hydrogen-bond acceptors (Lipinski definition) is 2. The summed E-state index contributed by atoms with van der Waals surface area (Å²) >= 11 is 0. The molecule has 11 rings (SSSR count). The highest BCUT2D eigenvalue weighted by Crippen LogP contribution is 2.43. The Bertz CT molecular complexity index is 3250. The fourth-order valence-corrected chi connectivity index (χ4v) is 8.57. The van der Waals surface area contributed by atoms with Crippen LogP contribution in [0, 0.1) is 0 Å². The minimum atomic E-state index is 0.892. The predicted molar refractivity (Wildman–Crippen MR) is 245 cm³/mol. The van der Waals surface area contributed by atoms with Crippen molar-refractivity contribution in [3.05, 3.63) is 224 Å². The first-order chi connectivity index (χ1) is 28.7. The molecule has 0 amide bonds. The van der Waals surface area contributed by atoms with Gasteiger partial charge in [-0.2, -0.15) is 0 Å². The average Bonchev–Trinajstić information content (AvgIpc) is 3.68. The predicted octanol–water partition coefficient (Wildman–Crippen LogP) is 16.0. The Kier molecular flexibility index (Phi) is 8.19. The third-order valence-electron chi connectivity index (χ3n) is 11.5. The van der Waals surface area contributed by atoms with Crippen LogP contribution in [-0.4, -0.2) is 0 Å². The van der Waals surface area contributed by atoms with Gasteiger partial charge in [-0.3, -0.25) is 0 Å². The number of furan rings is 1. The van der Waals surface area contributed by atoms with E-state index in [-0.39, 0.29) is 0 Å². The minimum Gasteiger partial charge on any atom is -0.455 e. The molecule has 0 spiro atoms. The van der Waals surface area contributed by atoms with Crippen molar-refractivity contribution in [3.63, 3.8) is 0 Å². The number of para-hydroxylation sites is 2. The molecule has 0 saturated heterocycles. The quantitative estimate of drug-likeness (QED) is 0.151. The van der Waals surface area contributed by atoms with E-state index in [1.54, 1.807) is 0 Å². The maximum Gasteiger partial charge on any atom is 0.143 e. The Hall–Kier alpha value is -7.68. The van der Waals surface area contributed by atoms with E-state index in [1.165, 1.54) is 43.8 Å². The van der Waals surface area contributed by atoms with Crippen LogP contribution < -0.4 is 4.90 Å². The van der Waals surface area contributed by atoms with Crippen molar-refractivity contribution in [2.45, 2.75) is 0 Å². The Labute approximate surface area is 337 Å². The summed E-state index contributed by atoms with van der Waals surface area (Å²) < 4.78 is 6.49. The third kappa shape index (κ3) is 5.91. The lowest BCUT2D eigenvalue weighted by Gasteiger charge is -2.28. The normalized spacial score (nSPS) is 11.4. The molecule has 10 aromatic carbocycles. The van der Waals surface area contributed by atoms with Gasteiger partial charge in [-0.1, -0.05) is 176 Å². The highest BCUT2D eigenvalue weighted by atomic mass is 16.3. The van der Waals surface area contributed by atoms with Crippen molar-refractivity contribution in [1.82, 2.24) is 0 Å². The van der Waals surface area contributed by atoms with E-state index < -0.39 is 0 Å². The summed E-state index contributed by atoms with van der Waals surface area (Å²) in [6, 6.07) is 80.6. The van der Waals surface area contributed by atoms with Gasteiger partial charge in [0.05, 0.1) is 5.69 Å². The monoisotopic (exact) mass is 739 g/mol. The first-order valence-electron chi connectivity index (χ1n) is 19.8. The number of fused-ring (bicyclic) bond motifs is 6. The van der Waals surface area contributed by atoms with Crippen LogP contribution in [0.25, 0.3) is 88.0 Å². The molecule has 1 aromatic heterocycles. The molecule has 0 aliphatic carbocycles. The second-order valence-corrected chi connectivity index (χ2v) is 14.9. The molecule has 2 nitrogen and oxygen atoms in total. The van der Waals surface area contributed by atoms with Crippen LogP contribution in [0.2, 0.25) is 0 Å². The summed E-state index contributed by atoms with van der Waals surface area (Å²) in [6.07, 6.45) is 0. The standard InChI is InChI=1S/C56H37NO/c1-3-12-40(13-4-1)49-18-9-10-21-54(49)57(46-31-26-38(27-32-46)44-25-24-43-23-22-42-16-7-8-17-48(42)52(43)36-44)47-33-28-39(29-34-47)45-30-35-55-53(37-45)51-20-11-19-50(56(51)58-55)41-14-5-2-6-15-41/h1-37H. The van der Waals surface area contributed by atoms with Gasteiger partial charge in [-0.15, -0.1) is 0 Å². The highest BCUT2D eigenvalue weighted by Gasteiger charge is 2.18. The van der Waals surface area contributed by atoms with Gasteiger partial charge in [-0.25, -0.2) is 0 Å². The first-order valence-corrected chi connectivity index (χ1v) is 19.8. The molecule has 0 atom stereocenters. The molecule has 0 radical (unpaired) electrons. The van der Waals surface area contributed by atoms with E-state index in [0.29, 0.717) is 0 Å². The summed E-state index contributed by atoms with van der Waals surface area (Å²) in [5.74, 6) is 0. The molecule has 0 aliphatic rings. The fourth-order valence-electron chi connectivity index (χ4n) is 8.57. The molecule has 0 fully saturated rings. The van der Waals surface area contributed by atoms with Gasteiger partial charge in [-0.05, 0) is 103 Å². The van der Waals surface area contributed by atoms with Crippen molar-refractivity contribution in [3.8, 4) is 44.5 Å². The van der Waals surface area contributed by atoms with Crippen LogP contribution in [0.5, 0.6) is 0 Å². The number of hydrogen-bond donors (Lipinski definition) is 0. The second-order valence-electron chi connectivity index (χ2n) is 14.9. The molecular formula is C56H37NO. The van der Waals surface area contributed by atoms with Gasteiger partial charge >= 0.3 is 0 Å². The van der Waals surface area contributed by atoms with Gasteiger partial charge in [0, 0.05) is 33.3 Å². The van der Waals surface area contributed by atoms with Crippen molar-refractivity contribution >= 4 is 60.5 Å². The van der Waals surface area contributed by atoms with Crippen LogP contribution in [-0.2, 0) is 0 Å². The van der Waals surface area contributed by atoms with E-state index in [4.69, 9.17) is 4.42 Å². The summed E-state index contributed by atoms with van der Waals surface area (Å²) in [7, 11) is 0. The SMILES string of the molecule is c1ccc(-c2ccccc2N(c2ccc(-c3ccc4ccc5ccccc5c4c3)cc2)c2ccc(-c3ccc4oc5c(-c6ccccc6)cccc5c4c3)cc2)cc1. The van der Waals surface area contributed by atoms with Crippen molar-refractivity contribution in [2.75, 3.05) is 4.90 Å². The summed E-state index contributed by atoms with van der Waals surface area (Å²) in [5.41, 5.74) is 14.4. The van der Waals surface area contributed by atoms with E-state index in [1.807, 2.05) is 6.07 Å². The van der Waals surface area contributed by atoms with Crippen molar-refractivity contribution in [2.24, 2.45) is 0 Å². The zero-order valence-electron chi connectivity index (χ0n) is 31.7. The lowest BCUT2D eigenvalue weighted by Crippen LogP contribution is -2.11. The number of rotatable bonds is 7. The maximum absolute atomic E-state index is 6.49. The van der Waals surface area contributed by atoms with E-state index in [0.717, 1.165) is 61.3 Å². The van der Waals surface area contributed by atoms with Gasteiger partial charge in [0.2, 0.25) is 0 Å². The van der Waals surface area contributed by atoms with Crippen LogP contribution in [0.1, 0.15) is 0 Å². The van der Waals surface area contributed by atoms with E-state index >= 15 is 0 Å². The molecule has 0 aliphatic heterocycles. The van der Waals surface area contributed by atoms with Crippen LogP contribution in [0.15, 0.2) is 229 Å². The molecule has 272 valence electrons. The summed E-state index contributed by atoms with van der Waals surface area (Å²) in [6.45, 7) is 0. The van der Waals surface area contributed by atoms with Gasteiger partial charge in [0.1, 0.15) is 11.2 Å². The Morgan fingerprint density at radius 1 is 0.293 bits per heavy atom. The van der Waals surface area contributed by atoms with Gasteiger partial charge in [0.25, 0.3) is 0 Å². The van der Waals surface area contributed by atoms with Gasteiger partial charge < -0.3 is 9.32 Å². The summed E-state index contributed by atoms with van der Waals surface area (Å²) in [5, 5.41) is 7.30. The minimum absolute atomic E-state index is 0.892. The highest BCUT2D eigenvalue weighted by molar-refractivity contribution is 6.11. The molecule has 11 aromatic rings. The number of benzene rings is 10. The van der Waals surface area contributed by atoms with Gasteiger partial charge in [0.15, 0.2) is 0 Å². The Morgan fingerprint density at radius 3 is 1.50 bits per heavy atom. The second kappa shape index (κ2) is 14.1. The maximum atomic E-state index is 6.49. The van der Waals surface area contributed by atoms with Crippen LogP contribution >= 0.6 is 0 Å². The fraction of sp³-hybridized carbons (Fsp3) is 0. The van der Waals surface area contributed by atoms with Crippen LogP contribution in [0.3, 0.4) is 0 Å². The lowest BCUT2D eigenvalue weighted by atomic mass is 9.97. The van der Waals surface area contributed by atoms with E-state index in [9.17, 15) is 0 Å². The zero-order chi connectivity index (χ0) is 38.4. The molecule has 1 heterocycles. The largest absolute Gasteiger partial charge is 0.455 e. The van der Waals surface area contributed by atoms with E-state index in [2.05, 4.69) is 223 Å². The molecular weight excluding hydrogens is 703 g/mol. The molecule has 58 heavy (non-hydrogen) atoms. The Morgan fingerprint density at radius 2 is 0.793 bits per heavy atom. The third-order valence-corrected chi connectivity index (χ3v) is 11.5. The van der Waals surface area contributed by atoms with Crippen molar-refractivity contribution < 1.29 is 4.42 Å². The average molecular weight is 740 g/mol.